The molecule has 0 spiro atoms. The first-order valence-corrected chi connectivity index (χ1v) is 14.7. The number of pyridine rings is 1. The maximum Gasteiger partial charge on any atom is 0.350 e. The molecule has 218 valence electrons. The number of fused-ring (bicyclic) bond motifs is 1. The molecule has 4 heterocycles. The van der Waals surface area contributed by atoms with Gasteiger partial charge >= 0.3 is 11.9 Å². The van der Waals surface area contributed by atoms with E-state index < -0.39 is 23.7 Å². The van der Waals surface area contributed by atoms with Crippen molar-refractivity contribution in [3.05, 3.63) is 81.8 Å². The Morgan fingerprint density at radius 2 is 1.79 bits per heavy atom. The van der Waals surface area contributed by atoms with Gasteiger partial charge < -0.3 is 14.6 Å². The molecule has 5 rings (SSSR count). The zero-order valence-electron chi connectivity index (χ0n) is 23.9. The minimum Gasteiger partial charge on any atom is -0.505 e. The van der Waals surface area contributed by atoms with E-state index in [0.717, 1.165) is 30.6 Å². The fourth-order valence-electron chi connectivity index (χ4n) is 5.03. The van der Waals surface area contributed by atoms with Crippen molar-refractivity contribution in [1.82, 2.24) is 14.4 Å². The predicted molar refractivity (Wildman–Crippen MR) is 159 cm³/mol. The fourth-order valence-corrected chi connectivity index (χ4v) is 6.02. The van der Waals surface area contributed by atoms with Crippen LogP contribution in [0.5, 0.6) is 5.75 Å². The highest BCUT2D eigenvalue weighted by Gasteiger charge is 2.49. The number of carbonyl (C=O) groups is 3. The van der Waals surface area contributed by atoms with Gasteiger partial charge in [0.05, 0.1) is 36.2 Å². The third-order valence-electron chi connectivity index (χ3n) is 7.04. The van der Waals surface area contributed by atoms with Crippen molar-refractivity contribution < 1.29 is 29.0 Å². The van der Waals surface area contributed by atoms with Crippen molar-refractivity contribution in [1.29, 1.82) is 0 Å². The number of aromatic nitrogens is 3. The van der Waals surface area contributed by atoms with Crippen LogP contribution in [0.25, 0.3) is 11.4 Å². The van der Waals surface area contributed by atoms with Crippen molar-refractivity contribution in [2.45, 2.75) is 53.0 Å². The van der Waals surface area contributed by atoms with Gasteiger partial charge in [0.15, 0.2) is 10.9 Å². The highest BCUT2D eigenvalue weighted by molar-refractivity contribution is 7.17. The molecule has 1 atom stereocenters. The van der Waals surface area contributed by atoms with Crippen LogP contribution >= 0.6 is 11.3 Å². The van der Waals surface area contributed by atoms with E-state index >= 15 is 0 Å². The van der Waals surface area contributed by atoms with E-state index in [1.165, 1.54) is 4.90 Å². The van der Waals surface area contributed by atoms with Crippen molar-refractivity contribution in [2.75, 3.05) is 18.1 Å². The Morgan fingerprint density at radius 1 is 1.02 bits per heavy atom. The summed E-state index contributed by atoms with van der Waals surface area (Å²) >= 11 is 0.966. The Bertz CT molecular complexity index is 1690. The van der Waals surface area contributed by atoms with Crippen LogP contribution in [0.2, 0.25) is 0 Å². The number of hydrogen-bond donors (Lipinski definition) is 1. The standard InChI is InChI=1S/C31H32N4O6S/c1-5-7-10-17-41-21-14-12-20(13-15-21)25-23(26(36)24-18(3)32-22-11-8-9-16-34(22)24)27(37)29(38)35(25)31-33-19(4)28(42-31)30(39)40-6-2/h8-9,11-16,25,36H,5-7,10,17H2,1-4H3. The molecular formula is C31H32N4O6S. The average Bonchev–Trinajstić information content (AvgIpc) is 3.61. The van der Waals surface area contributed by atoms with Gasteiger partial charge in [0.1, 0.15) is 22.0 Å². The number of esters is 1. The van der Waals surface area contributed by atoms with Gasteiger partial charge in [-0.15, -0.1) is 0 Å². The molecule has 3 aromatic heterocycles. The number of benzene rings is 1. The molecule has 11 heteroatoms. The molecule has 1 N–H and O–H groups in total. The second-order valence-corrected chi connectivity index (χ2v) is 10.9. The molecule has 0 aliphatic carbocycles. The number of ether oxygens (including phenoxy) is 2. The Balaban J connectivity index is 1.64. The largest absolute Gasteiger partial charge is 0.505 e. The van der Waals surface area contributed by atoms with Gasteiger partial charge in [0.2, 0.25) is 0 Å². The Kier molecular flexibility index (Phi) is 8.39. The number of aliphatic hydroxyl groups excluding tert-OH is 1. The number of carbonyl (C=O) groups excluding carboxylic acids is 3. The molecule has 1 aliphatic heterocycles. The van der Waals surface area contributed by atoms with Gasteiger partial charge in [-0.3, -0.25) is 18.9 Å². The predicted octanol–water partition coefficient (Wildman–Crippen LogP) is 5.78. The third kappa shape index (κ3) is 5.27. The maximum absolute atomic E-state index is 13.7. The number of nitrogens with zero attached hydrogens (tertiary/aromatic N) is 4. The quantitative estimate of drug-likeness (QED) is 0.0813. The number of aryl methyl sites for hydroxylation is 2. The number of thiazole rings is 1. The van der Waals surface area contributed by atoms with Gasteiger partial charge in [-0.25, -0.2) is 14.8 Å². The third-order valence-corrected chi connectivity index (χ3v) is 8.17. The topological polar surface area (TPSA) is 123 Å². The van der Waals surface area contributed by atoms with Crippen LogP contribution in [0, 0.1) is 13.8 Å². The van der Waals surface area contributed by atoms with Crippen LogP contribution in [-0.2, 0) is 14.3 Å². The molecule has 0 bridgehead atoms. The number of imidazole rings is 1. The van der Waals surface area contributed by atoms with Crippen LogP contribution in [0.3, 0.4) is 0 Å². The molecule has 42 heavy (non-hydrogen) atoms. The summed E-state index contributed by atoms with van der Waals surface area (Å²) in [5.74, 6) is -1.99. The van der Waals surface area contributed by atoms with E-state index in [-0.39, 0.29) is 27.9 Å². The van der Waals surface area contributed by atoms with Crippen LogP contribution in [-0.4, -0.2) is 50.3 Å². The highest BCUT2D eigenvalue weighted by atomic mass is 32.1. The number of Topliss-reactive ketones (excluding diaryl/α,β-unsaturated/α-hetero) is 1. The number of amides is 1. The molecule has 0 radical (unpaired) electrons. The molecule has 0 saturated carbocycles. The summed E-state index contributed by atoms with van der Waals surface area (Å²) in [6.45, 7) is 7.96. The maximum atomic E-state index is 13.7. The Morgan fingerprint density at radius 3 is 2.50 bits per heavy atom. The first-order chi connectivity index (χ1) is 20.3. The van der Waals surface area contributed by atoms with Gasteiger partial charge in [-0.2, -0.15) is 0 Å². The molecule has 1 saturated heterocycles. The van der Waals surface area contributed by atoms with Crippen molar-refractivity contribution in [3.8, 4) is 5.75 Å². The molecule has 1 amide bonds. The van der Waals surface area contributed by atoms with Crippen molar-refractivity contribution in [3.63, 3.8) is 0 Å². The van der Waals surface area contributed by atoms with Crippen LogP contribution in [0.15, 0.2) is 54.2 Å². The zero-order valence-corrected chi connectivity index (χ0v) is 24.7. The summed E-state index contributed by atoms with van der Waals surface area (Å²) in [7, 11) is 0. The molecular weight excluding hydrogens is 556 g/mol. The van der Waals surface area contributed by atoms with Gasteiger partial charge in [-0.1, -0.05) is 49.3 Å². The highest BCUT2D eigenvalue weighted by Crippen LogP contribution is 2.44. The SMILES string of the molecule is CCCCCOc1ccc(C2C(=C(O)c3c(C)nc4ccccn34)C(=O)C(=O)N2c2nc(C)c(C(=O)OCC)s2)cc1. The minimum atomic E-state index is -1.02. The monoisotopic (exact) mass is 588 g/mol. The first kappa shape index (κ1) is 29.0. The van der Waals surface area contributed by atoms with Crippen LogP contribution in [0.4, 0.5) is 5.13 Å². The van der Waals surface area contributed by atoms with Crippen molar-refractivity contribution in [2.24, 2.45) is 0 Å². The number of rotatable bonds is 10. The Hall–Kier alpha value is -4.51. The summed E-state index contributed by atoms with van der Waals surface area (Å²) in [4.78, 5) is 50.3. The van der Waals surface area contributed by atoms with E-state index in [2.05, 4.69) is 16.9 Å². The molecule has 1 unspecified atom stereocenters. The van der Waals surface area contributed by atoms with Crippen LogP contribution in [0.1, 0.15) is 71.5 Å². The Labute approximate surface area is 247 Å². The average molecular weight is 589 g/mol. The summed E-state index contributed by atoms with van der Waals surface area (Å²) in [5, 5.41) is 11.9. The number of anilines is 1. The molecule has 1 fully saturated rings. The number of ketones is 1. The number of aliphatic hydroxyl groups is 1. The second kappa shape index (κ2) is 12.2. The van der Waals surface area contributed by atoms with E-state index in [9.17, 15) is 19.5 Å². The summed E-state index contributed by atoms with van der Waals surface area (Å²) in [6.07, 6.45) is 4.82. The zero-order chi connectivity index (χ0) is 30.0. The van der Waals surface area contributed by atoms with Gasteiger partial charge in [0.25, 0.3) is 5.78 Å². The van der Waals surface area contributed by atoms with Gasteiger partial charge in [0, 0.05) is 6.20 Å². The summed E-state index contributed by atoms with van der Waals surface area (Å²) in [6, 6.07) is 11.5. The second-order valence-electron chi connectivity index (χ2n) is 9.90. The molecule has 4 aromatic rings. The molecule has 1 aliphatic rings. The lowest BCUT2D eigenvalue weighted by molar-refractivity contribution is -0.132. The van der Waals surface area contributed by atoms with Crippen LogP contribution < -0.4 is 9.64 Å². The van der Waals surface area contributed by atoms with E-state index in [0.29, 0.717) is 40.6 Å². The van der Waals surface area contributed by atoms with Gasteiger partial charge in [-0.05, 0) is 57.0 Å². The number of unbranched alkanes of at least 4 members (excludes halogenated alkanes) is 2. The minimum absolute atomic E-state index is 0.101. The summed E-state index contributed by atoms with van der Waals surface area (Å²) in [5.41, 5.74) is 2.23. The molecule has 1 aromatic carbocycles. The van der Waals surface area contributed by atoms with E-state index in [4.69, 9.17) is 9.47 Å². The smallest absolute Gasteiger partial charge is 0.350 e. The lowest BCUT2D eigenvalue weighted by atomic mass is 9.96. The molecule has 10 nitrogen and oxygen atoms in total. The lowest BCUT2D eigenvalue weighted by Gasteiger charge is -2.23. The normalized spacial score (nSPS) is 16.4. The first-order valence-electron chi connectivity index (χ1n) is 13.9. The van der Waals surface area contributed by atoms with Crippen molar-refractivity contribution >= 4 is 45.5 Å². The lowest BCUT2D eigenvalue weighted by Crippen LogP contribution is -2.29. The number of hydrogen-bond acceptors (Lipinski definition) is 9. The van der Waals surface area contributed by atoms with E-state index in [1.54, 1.807) is 67.8 Å². The van der Waals surface area contributed by atoms with E-state index in [1.807, 2.05) is 6.07 Å². The summed E-state index contributed by atoms with van der Waals surface area (Å²) < 4.78 is 12.7. The fraction of sp³-hybridized carbons (Fsp3) is 0.323.